The van der Waals surface area contributed by atoms with Crippen molar-refractivity contribution >= 4 is 5.97 Å². The van der Waals surface area contributed by atoms with Crippen molar-refractivity contribution in [2.75, 3.05) is 13.2 Å². The number of carbonyl (C=O) groups excluding carboxylic acids is 1. The summed E-state index contributed by atoms with van der Waals surface area (Å²) in [6.45, 7) is 3.56. The van der Waals surface area contributed by atoms with E-state index in [1.165, 1.54) is 6.08 Å². The molecule has 0 unspecified atom stereocenters. The smallest absolute Gasteiger partial charge is 0.330 e. The molecule has 86 valence electrons. The van der Waals surface area contributed by atoms with Gasteiger partial charge in [-0.15, -0.1) is 0 Å². The molecular formula is C12H16N2O2. The molecular weight excluding hydrogens is 204 g/mol. The van der Waals surface area contributed by atoms with Gasteiger partial charge in [-0.05, 0) is 18.6 Å². The molecule has 0 amide bonds. The Hall–Kier alpha value is -1.68. The summed E-state index contributed by atoms with van der Waals surface area (Å²) in [4.78, 5) is 14.9. The first kappa shape index (κ1) is 12.4. The maximum absolute atomic E-state index is 10.9. The quantitative estimate of drug-likeness (QED) is 0.446. The normalized spacial score (nSPS) is 10.6. The van der Waals surface area contributed by atoms with E-state index >= 15 is 0 Å². The van der Waals surface area contributed by atoms with Gasteiger partial charge in [-0.25, -0.2) is 4.79 Å². The Morgan fingerprint density at radius 2 is 2.50 bits per heavy atom. The Balaban J connectivity index is 2.15. The third kappa shape index (κ3) is 5.26. The second kappa shape index (κ2) is 7.59. The Bertz CT molecular complexity index is 336. The van der Waals surface area contributed by atoms with Crippen molar-refractivity contribution in [2.45, 2.75) is 13.5 Å². The number of nitrogens with one attached hydrogen (secondary N) is 1. The van der Waals surface area contributed by atoms with Crippen LogP contribution in [0, 0.1) is 0 Å². The SMILES string of the molecule is CCOC(=O)/C=C/CNCc1cccnc1. The highest BCUT2D eigenvalue weighted by atomic mass is 16.5. The van der Waals surface area contributed by atoms with Crippen LogP contribution >= 0.6 is 0 Å². The summed E-state index contributed by atoms with van der Waals surface area (Å²) in [5, 5.41) is 3.16. The molecule has 1 rings (SSSR count). The molecule has 1 heterocycles. The fourth-order valence-electron chi connectivity index (χ4n) is 1.15. The van der Waals surface area contributed by atoms with Crippen molar-refractivity contribution in [1.29, 1.82) is 0 Å². The summed E-state index contributed by atoms with van der Waals surface area (Å²) >= 11 is 0. The van der Waals surface area contributed by atoms with E-state index in [1.54, 1.807) is 19.2 Å². The molecule has 0 fully saturated rings. The van der Waals surface area contributed by atoms with Crippen LogP contribution in [0.2, 0.25) is 0 Å². The van der Waals surface area contributed by atoms with E-state index in [9.17, 15) is 4.79 Å². The number of esters is 1. The number of hydrogen-bond acceptors (Lipinski definition) is 4. The van der Waals surface area contributed by atoms with Crippen LogP contribution in [0.5, 0.6) is 0 Å². The van der Waals surface area contributed by atoms with Crippen LogP contribution in [-0.4, -0.2) is 24.1 Å². The lowest BCUT2D eigenvalue weighted by Gasteiger charge is -2.00. The Morgan fingerprint density at radius 1 is 1.62 bits per heavy atom. The van der Waals surface area contributed by atoms with Crippen LogP contribution < -0.4 is 5.32 Å². The first-order valence-corrected chi connectivity index (χ1v) is 5.26. The van der Waals surface area contributed by atoms with Crippen molar-refractivity contribution in [3.8, 4) is 0 Å². The van der Waals surface area contributed by atoms with Gasteiger partial charge in [0.2, 0.25) is 0 Å². The molecule has 0 radical (unpaired) electrons. The second-order valence-electron chi connectivity index (χ2n) is 3.15. The maximum Gasteiger partial charge on any atom is 0.330 e. The molecule has 0 saturated carbocycles. The summed E-state index contributed by atoms with van der Waals surface area (Å²) in [6, 6.07) is 3.89. The van der Waals surface area contributed by atoms with Gasteiger partial charge in [0.05, 0.1) is 6.61 Å². The number of hydrogen-bond donors (Lipinski definition) is 1. The summed E-state index contributed by atoms with van der Waals surface area (Å²) in [5.74, 6) is -0.300. The summed E-state index contributed by atoms with van der Waals surface area (Å²) < 4.78 is 4.74. The Morgan fingerprint density at radius 3 is 3.19 bits per heavy atom. The molecule has 1 N–H and O–H groups in total. The molecule has 16 heavy (non-hydrogen) atoms. The van der Waals surface area contributed by atoms with E-state index in [-0.39, 0.29) is 5.97 Å². The molecule has 1 aromatic heterocycles. The Kier molecular flexibility index (Phi) is 5.88. The van der Waals surface area contributed by atoms with Crippen molar-refractivity contribution in [3.05, 3.63) is 42.2 Å². The zero-order chi connectivity index (χ0) is 11.6. The lowest BCUT2D eigenvalue weighted by molar-refractivity contribution is -0.137. The summed E-state index contributed by atoms with van der Waals surface area (Å²) in [6.07, 6.45) is 6.72. The minimum Gasteiger partial charge on any atom is -0.463 e. The van der Waals surface area contributed by atoms with Crippen LogP contribution in [0.3, 0.4) is 0 Å². The average Bonchev–Trinajstić information content (AvgIpc) is 2.30. The number of ether oxygens (including phenoxy) is 1. The van der Waals surface area contributed by atoms with E-state index in [0.717, 1.165) is 12.1 Å². The summed E-state index contributed by atoms with van der Waals surface area (Å²) in [7, 11) is 0. The molecule has 4 heteroatoms. The Labute approximate surface area is 95.3 Å². The van der Waals surface area contributed by atoms with Crippen LogP contribution in [-0.2, 0) is 16.1 Å². The van der Waals surface area contributed by atoms with E-state index in [0.29, 0.717) is 13.2 Å². The van der Waals surface area contributed by atoms with Crippen molar-refractivity contribution in [3.63, 3.8) is 0 Å². The van der Waals surface area contributed by atoms with Gasteiger partial charge >= 0.3 is 5.97 Å². The highest BCUT2D eigenvalue weighted by Gasteiger charge is 1.92. The van der Waals surface area contributed by atoms with Gasteiger partial charge in [0.15, 0.2) is 0 Å². The van der Waals surface area contributed by atoms with Crippen molar-refractivity contribution in [1.82, 2.24) is 10.3 Å². The van der Waals surface area contributed by atoms with E-state index < -0.39 is 0 Å². The van der Waals surface area contributed by atoms with Gasteiger partial charge < -0.3 is 10.1 Å². The van der Waals surface area contributed by atoms with Crippen LogP contribution in [0.25, 0.3) is 0 Å². The van der Waals surface area contributed by atoms with Crippen LogP contribution in [0.15, 0.2) is 36.7 Å². The minimum atomic E-state index is -0.300. The molecule has 0 aromatic carbocycles. The lowest BCUT2D eigenvalue weighted by atomic mass is 10.3. The average molecular weight is 220 g/mol. The van der Waals surface area contributed by atoms with Gasteiger partial charge in [-0.1, -0.05) is 12.1 Å². The first-order valence-electron chi connectivity index (χ1n) is 5.26. The largest absolute Gasteiger partial charge is 0.463 e. The minimum absolute atomic E-state index is 0.300. The van der Waals surface area contributed by atoms with Gasteiger partial charge in [0.1, 0.15) is 0 Å². The standard InChI is InChI=1S/C12H16N2O2/c1-2-16-12(15)6-4-8-14-10-11-5-3-7-13-9-11/h3-7,9,14H,2,8,10H2,1H3/b6-4+. The lowest BCUT2D eigenvalue weighted by Crippen LogP contribution is -2.13. The van der Waals surface area contributed by atoms with Gasteiger partial charge in [0.25, 0.3) is 0 Å². The van der Waals surface area contributed by atoms with E-state index in [1.807, 2.05) is 18.3 Å². The third-order valence-electron chi connectivity index (χ3n) is 1.85. The van der Waals surface area contributed by atoms with E-state index in [2.05, 4.69) is 10.3 Å². The number of pyridine rings is 1. The molecule has 0 spiro atoms. The number of carbonyl (C=O) groups is 1. The van der Waals surface area contributed by atoms with Gasteiger partial charge in [-0.3, -0.25) is 4.98 Å². The van der Waals surface area contributed by atoms with E-state index in [4.69, 9.17) is 4.74 Å². The molecule has 0 saturated heterocycles. The first-order chi connectivity index (χ1) is 7.83. The summed E-state index contributed by atoms with van der Waals surface area (Å²) in [5.41, 5.74) is 1.12. The van der Waals surface area contributed by atoms with Gasteiger partial charge in [-0.2, -0.15) is 0 Å². The van der Waals surface area contributed by atoms with Crippen molar-refractivity contribution < 1.29 is 9.53 Å². The molecule has 0 aliphatic carbocycles. The molecule has 0 aliphatic rings. The highest BCUT2D eigenvalue weighted by molar-refractivity contribution is 5.81. The predicted octanol–water partition coefficient (Wildman–Crippen LogP) is 1.29. The fraction of sp³-hybridized carbons (Fsp3) is 0.333. The monoisotopic (exact) mass is 220 g/mol. The predicted molar refractivity (Wildman–Crippen MR) is 61.7 cm³/mol. The van der Waals surface area contributed by atoms with Crippen LogP contribution in [0.1, 0.15) is 12.5 Å². The molecule has 1 aromatic rings. The molecule has 0 aliphatic heterocycles. The van der Waals surface area contributed by atoms with Crippen LogP contribution in [0.4, 0.5) is 0 Å². The highest BCUT2D eigenvalue weighted by Crippen LogP contribution is 1.93. The zero-order valence-corrected chi connectivity index (χ0v) is 9.35. The molecule has 0 atom stereocenters. The zero-order valence-electron chi connectivity index (χ0n) is 9.35. The fourth-order valence-corrected chi connectivity index (χ4v) is 1.15. The molecule has 0 bridgehead atoms. The number of nitrogens with zero attached hydrogens (tertiary/aromatic N) is 1. The third-order valence-corrected chi connectivity index (χ3v) is 1.85. The topological polar surface area (TPSA) is 51.2 Å². The maximum atomic E-state index is 10.9. The van der Waals surface area contributed by atoms with Gasteiger partial charge in [0, 0.05) is 31.6 Å². The van der Waals surface area contributed by atoms with Crippen molar-refractivity contribution in [2.24, 2.45) is 0 Å². The molecule has 4 nitrogen and oxygen atoms in total. The second-order valence-corrected chi connectivity index (χ2v) is 3.15. The number of rotatable bonds is 6. The number of aromatic nitrogens is 1.